The maximum absolute atomic E-state index is 12.2. The summed E-state index contributed by atoms with van der Waals surface area (Å²) in [5.74, 6) is -2.64. The second kappa shape index (κ2) is 9.08. The largest absolute Gasteiger partial charge is 0.669 e. The molecule has 0 radical (unpaired) electrons. The number of hydrogen-bond acceptors (Lipinski definition) is 10. The molecule has 15 heteroatoms. The van der Waals surface area contributed by atoms with Crippen molar-refractivity contribution < 1.29 is 47.1 Å². The van der Waals surface area contributed by atoms with E-state index in [4.69, 9.17) is 19.7 Å². The fourth-order valence-corrected chi connectivity index (χ4v) is 4.13. The lowest BCUT2D eigenvalue weighted by Gasteiger charge is -2.43. The van der Waals surface area contributed by atoms with E-state index in [1.165, 1.54) is 13.0 Å². The molecule has 0 unspecified atom stereocenters. The maximum Gasteiger partial charge on any atom is 0.430 e. The minimum Gasteiger partial charge on any atom is -0.669 e. The number of nitrogens with two attached hydrogens (primary N) is 1. The van der Waals surface area contributed by atoms with E-state index < -0.39 is 46.1 Å². The Balaban J connectivity index is 1.58. The molecule has 2 aliphatic heterocycles. The Morgan fingerprint density at radius 3 is 2.64 bits per heavy atom. The fraction of sp³-hybridized carbons (Fsp3) is 0.556. The van der Waals surface area contributed by atoms with Gasteiger partial charge in [-0.25, -0.2) is 4.79 Å². The van der Waals surface area contributed by atoms with Crippen molar-refractivity contribution in [1.82, 2.24) is 10.2 Å². The van der Waals surface area contributed by atoms with Gasteiger partial charge in [0.1, 0.15) is 23.0 Å². The van der Waals surface area contributed by atoms with Crippen LogP contribution in [0.4, 0.5) is 0 Å². The van der Waals surface area contributed by atoms with Crippen LogP contribution in [0.25, 0.3) is 0 Å². The van der Waals surface area contributed by atoms with Crippen molar-refractivity contribution in [3.8, 4) is 11.5 Å². The van der Waals surface area contributed by atoms with E-state index in [0.29, 0.717) is 18.7 Å². The molecule has 1 atom stereocenters. The third-order valence-corrected chi connectivity index (χ3v) is 6.16. The molecule has 13 nitrogen and oxygen atoms in total. The first-order valence-electron chi connectivity index (χ1n) is 10.3. The number of carboxylic acid groups (broad SMARTS) is 1. The summed E-state index contributed by atoms with van der Waals surface area (Å²) >= 11 is 0. The number of ether oxygens (including phenoxy) is 1. The van der Waals surface area contributed by atoms with Crippen LogP contribution in [0.3, 0.4) is 0 Å². The number of carbonyl (C=O) groups is 2. The second-order valence-corrected chi connectivity index (χ2v) is 10.2. The Kier molecular flexibility index (Phi) is 6.93. The van der Waals surface area contributed by atoms with E-state index in [1.807, 2.05) is 0 Å². The second-order valence-electron chi connectivity index (χ2n) is 8.64. The summed E-state index contributed by atoms with van der Waals surface area (Å²) < 4.78 is 41.1. The smallest absolute Gasteiger partial charge is 0.430 e. The van der Waals surface area contributed by atoms with E-state index >= 15 is 0 Å². The molecule has 0 saturated carbocycles. The van der Waals surface area contributed by atoms with Crippen molar-refractivity contribution in [3.63, 3.8) is 0 Å². The predicted octanol–water partition coefficient (Wildman–Crippen LogP) is -1.97. The van der Waals surface area contributed by atoms with Gasteiger partial charge in [0, 0.05) is 26.2 Å². The van der Waals surface area contributed by atoms with Crippen molar-refractivity contribution in [2.75, 3.05) is 31.9 Å². The van der Waals surface area contributed by atoms with Gasteiger partial charge in [-0.2, -0.15) is 8.42 Å². The van der Waals surface area contributed by atoms with Crippen molar-refractivity contribution in [3.05, 3.63) is 23.3 Å². The van der Waals surface area contributed by atoms with Crippen molar-refractivity contribution in [2.45, 2.75) is 31.3 Å². The number of nitrogens with one attached hydrogen (secondary N) is 1. The first-order valence-corrected chi connectivity index (χ1v) is 11.9. The third-order valence-electron chi connectivity index (χ3n) is 5.44. The van der Waals surface area contributed by atoms with Crippen LogP contribution >= 0.6 is 0 Å². The average Bonchev–Trinajstić information content (AvgIpc) is 2.63. The summed E-state index contributed by atoms with van der Waals surface area (Å²) in [7, 11) is -4.20. The monoisotopic (exact) mass is 488 g/mol. The number of aromatic carboxylic acids is 1. The molecule has 1 amide bonds. The van der Waals surface area contributed by atoms with E-state index in [-0.39, 0.29) is 42.9 Å². The SMILES string of the molecule is C[C@@](N)(CN1CC(Oc2ccc3c(c2C(=O)O)O[B-](O)(O)CC3)C1)C(=O)NCCS(=O)(=O)O. The molecule has 184 valence electrons. The molecule has 3 rings (SSSR count). The Bertz CT molecular complexity index is 1040. The van der Waals surface area contributed by atoms with Gasteiger partial charge in [-0.3, -0.25) is 14.2 Å². The van der Waals surface area contributed by atoms with Crippen LogP contribution in [0.5, 0.6) is 11.5 Å². The first kappa shape index (κ1) is 25.2. The summed E-state index contributed by atoms with van der Waals surface area (Å²) in [6.45, 7) is -1.13. The molecule has 0 aromatic heterocycles. The number of carbonyl (C=O) groups excluding carboxylic acids is 1. The van der Waals surface area contributed by atoms with E-state index in [1.54, 1.807) is 11.0 Å². The topological polar surface area (TPSA) is 209 Å². The molecule has 7 N–H and O–H groups in total. The molecule has 2 aliphatic rings. The number of aryl methyl sites for hydroxylation is 1. The van der Waals surface area contributed by atoms with Crippen LogP contribution in [-0.2, 0) is 21.3 Å². The molecule has 0 aliphatic carbocycles. The number of amides is 1. The van der Waals surface area contributed by atoms with Gasteiger partial charge in [-0.05, 0) is 25.0 Å². The Morgan fingerprint density at radius 1 is 1.36 bits per heavy atom. The van der Waals surface area contributed by atoms with Crippen LogP contribution in [0, 0.1) is 0 Å². The fourth-order valence-electron chi connectivity index (χ4n) is 3.77. The lowest BCUT2D eigenvalue weighted by molar-refractivity contribution is -0.127. The number of hydrogen-bond donors (Lipinski definition) is 6. The quantitative estimate of drug-likeness (QED) is 0.165. The molecule has 0 bridgehead atoms. The highest BCUT2D eigenvalue weighted by Crippen LogP contribution is 2.39. The Hall–Kier alpha value is -2.43. The highest BCUT2D eigenvalue weighted by Gasteiger charge is 2.38. The summed E-state index contributed by atoms with van der Waals surface area (Å²) in [6.07, 6.45) is -0.186. The lowest BCUT2D eigenvalue weighted by Crippen LogP contribution is -2.64. The van der Waals surface area contributed by atoms with Crippen LogP contribution in [0.2, 0.25) is 6.32 Å². The standard InChI is InChI=1S/C18H27BN3O10S/c1-18(20,17(25)21-6-7-33(28,29)30)10-22-8-12(9-22)31-13-3-2-11-4-5-19(26,27)32-15(11)14(13)16(23)24/h2-3,12,26-27H,4-10,20H2,1H3,(H,21,25)(H,23,24)(H,28,29,30)/q-1/t18-/m1/s1. The Morgan fingerprint density at radius 2 is 2.03 bits per heavy atom. The normalized spacial score (nSPS) is 20.0. The molecule has 1 aromatic rings. The Labute approximate surface area is 190 Å². The summed E-state index contributed by atoms with van der Waals surface area (Å²) in [6, 6.07) is 3.12. The molecule has 1 aromatic carbocycles. The molecule has 33 heavy (non-hydrogen) atoms. The zero-order valence-corrected chi connectivity index (χ0v) is 18.7. The van der Waals surface area contributed by atoms with Crippen LogP contribution < -0.4 is 20.4 Å². The lowest BCUT2D eigenvalue weighted by atomic mass is 9.70. The molecule has 2 heterocycles. The first-order chi connectivity index (χ1) is 15.2. The van der Waals surface area contributed by atoms with Crippen LogP contribution in [0.1, 0.15) is 22.8 Å². The summed E-state index contributed by atoms with van der Waals surface area (Å²) in [4.78, 5) is 25.8. The zero-order valence-electron chi connectivity index (χ0n) is 17.9. The number of benzene rings is 1. The number of nitrogens with zero attached hydrogens (tertiary/aromatic N) is 1. The molecular weight excluding hydrogens is 461 g/mol. The van der Waals surface area contributed by atoms with Gasteiger partial charge in [0.25, 0.3) is 10.1 Å². The molecule has 1 saturated heterocycles. The highest BCUT2D eigenvalue weighted by atomic mass is 32.2. The van der Waals surface area contributed by atoms with Gasteiger partial charge in [-0.1, -0.05) is 12.4 Å². The molecular formula is C18H27BN3O10S-. The van der Waals surface area contributed by atoms with Gasteiger partial charge in [-0.15, -0.1) is 0 Å². The molecule has 0 spiro atoms. The van der Waals surface area contributed by atoms with E-state index in [0.717, 1.165) is 0 Å². The number of fused-ring (bicyclic) bond motifs is 1. The zero-order chi connectivity index (χ0) is 24.6. The van der Waals surface area contributed by atoms with Crippen LogP contribution in [-0.4, -0.2) is 95.2 Å². The van der Waals surface area contributed by atoms with Gasteiger partial charge in [0.2, 0.25) is 5.91 Å². The van der Waals surface area contributed by atoms with Gasteiger partial charge < -0.3 is 35.6 Å². The van der Waals surface area contributed by atoms with Crippen molar-refractivity contribution >= 4 is 28.7 Å². The van der Waals surface area contributed by atoms with Crippen molar-refractivity contribution in [1.29, 1.82) is 0 Å². The summed E-state index contributed by atoms with van der Waals surface area (Å²) in [5, 5.41) is 31.6. The van der Waals surface area contributed by atoms with Gasteiger partial charge in [0.15, 0.2) is 0 Å². The highest BCUT2D eigenvalue weighted by molar-refractivity contribution is 7.85. The number of rotatable bonds is 9. The molecule has 1 fully saturated rings. The average molecular weight is 488 g/mol. The minimum atomic E-state index is -4.20. The summed E-state index contributed by atoms with van der Waals surface area (Å²) in [5.41, 5.74) is 4.94. The van der Waals surface area contributed by atoms with Crippen LogP contribution in [0.15, 0.2) is 12.1 Å². The number of likely N-dealkylation sites (tertiary alicyclic amines) is 1. The number of carboxylic acids is 1. The maximum atomic E-state index is 12.2. The predicted molar refractivity (Wildman–Crippen MR) is 116 cm³/mol. The van der Waals surface area contributed by atoms with Gasteiger partial charge in [0.05, 0.1) is 11.5 Å². The third kappa shape index (κ3) is 6.34. The minimum absolute atomic E-state index is 0.0258. The van der Waals surface area contributed by atoms with E-state index in [9.17, 15) is 33.2 Å². The van der Waals surface area contributed by atoms with E-state index in [2.05, 4.69) is 5.32 Å². The van der Waals surface area contributed by atoms with Gasteiger partial charge >= 0.3 is 12.7 Å². The van der Waals surface area contributed by atoms with Crippen molar-refractivity contribution in [2.24, 2.45) is 5.73 Å².